The van der Waals surface area contributed by atoms with Crippen LogP contribution >= 0.6 is 0 Å². The summed E-state index contributed by atoms with van der Waals surface area (Å²) in [5.41, 5.74) is 1.29. The number of ether oxygens (including phenoxy) is 1. The standard InChI is InChI=1S/C16H25NO3/c1-5-12(3)10-17(6-2)11-13-7-8-14(16(18)19)15(9-13)20-4/h7-9,12H,5-6,10-11H2,1-4H3,(H,18,19). The fourth-order valence-corrected chi connectivity index (χ4v) is 2.14. The summed E-state index contributed by atoms with van der Waals surface area (Å²) < 4.78 is 5.17. The Kier molecular flexibility index (Phi) is 6.52. The van der Waals surface area contributed by atoms with Crippen LogP contribution in [-0.4, -0.2) is 36.2 Å². The number of carboxylic acid groups (broad SMARTS) is 1. The normalized spacial score (nSPS) is 12.4. The Morgan fingerprint density at radius 3 is 2.60 bits per heavy atom. The molecule has 0 fully saturated rings. The number of rotatable bonds is 8. The Morgan fingerprint density at radius 1 is 1.40 bits per heavy atom. The minimum absolute atomic E-state index is 0.209. The summed E-state index contributed by atoms with van der Waals surface area (Å²) in [5, 5.41) is 9.08. The fraction of sp³-hybridized carbons (Fsp3) is 0.562. The van der Waals surface area contributed by atoms with Crippen molar-refractivity contribution in [2.45, 2.75) is 33.7 Å². The van der Waals surface area contributed by atoms with E-state index >= 15 is 0 Å². The molecule has 1 aromatic rings. The van der Waals surface area contributed by atoms with Crippen molar-refractivity contribution >= 4 is 5.97 Å². The third-order valence-corrected chi connectivity index (χ3v) is 3.62. The summed E-state index contributed by atoms with van der Waals surface area (Å²) in [5.74, 6) is 0.130. The minimum atomic E-state index is -0.958. The molecule has 0 saturated heterocycles. The maximum Gasteiger partial charge on any atom is 0.339 e. The van der Waals surface area contributed by atoms with Gasteiger partial charge in [-0.2, -0.15) is 0 Å². The predicted octanol–water partition coefficient (Wildman–Crippen LogP) is 3.26. The quantitative estimate of drug-likeness (QED) is 0.793. The molecule has 0 heterocycles. The zero-order chi connectivity index (χ0) is 15.1. The Labute approximate surface area is 121 Å². The van der Waals surface area contributed by atoms with E-state index in [0.717, 1.165) is 31.6 Å². The predicted molar refractivity (Wildman–Crippen MR) is 80.4 cm³/mol. The van der Waals surface area contributed by atoms with Crippen LogP contribution in [0.15, 0.2) is 18.2 Å². The third-order valence-electron chi connectivity index (χ3n) is 3.62. The Hall–Kier alpha value is -1.55. The van der Waals surface area contributed by atoms with Crippen molar-refractivity contribution in [3.05, 3.63) is 29.3 Å². The lowest BCUT2D eigenvalue weighted by Gasteiger charge is -2.24. The molecular formula is C16H25NO3. The average molecular weight is 279 g/mol. The number of nitrogens with zero attached hydrogens (tertiary/aromatic N) is 1. The zero-order valence-corrected chi connectivity index (χ0v) is 12.8. The molecule has 1 N–H and O–H groups in total. The molecule has 4 nitrogen and oxygen atoms in total. The molecule has 0 aliphatic rings. The second-order valence-corrected chi connectivity index (χ2v) is 5.18. The van der Waals surface area contributed by atoms with E-state index in [9.17, 15) is 4.79 Å². The van der Waals surface area contributed by atoms with Gasteiger partial charge in [-0.1, -0.05) is 33.3 Å². The van der Waals surface area contributed by atoms with Gasteiger partial charge in [0.05, 0.1) is 7.11 Å². The molecule has 0 aromatic heterocycles. The van der Waals surface area contributed by atoms with Crippen LogP contribution < -0.4 is 4.74 Å². The molecule has 0 bridgehead atoms. The van der Waals surface area contributed by atoms with Gasteiger partial charge in [-0.05, 0) is 30.2 Å². The van der Waals surface area contributed by atoms with Crippen molar-refractivity contribution in [1.29, 1.82) is 0 Å². The molecule has 0 aliphatic carbocycles. The van der Waals surface area contributed by atoms with E-state index in [1.165, 1.54) is 7.11 Å². The molecule has 20 heavy (non-hydrogen) atoms. The lowest BCUT2D eigenvalue weighted by molar-refractivity contribution is 0.0693. The number of carbonyl (C=O) groups is 1. The minimum Gasteiger partial charge on any atom is -0.496 e. The van der Waals surface area contributed by atoms with Crippen LogP contribution in [-0.2, 0) is 6.54 Å². The number of carboxylic acids is 1. The summed E-state index contributed by atoms with van der Waals surface area (Å²) in [6, 6.07) is 5.31. The molecule has 1 unspecified atom stereocenters. The second kappa shape index (κ2) is 7.90. The van der Waals surface area contributed by atoms with Gasteiger partial charge in [-0.3, -0.25) is 4.90 Å². The zero-order valence-electron chi connectivity index (χ0n) is 12.8. The van der Waals surface area contributed by atoms with Crippen molar-refractivity contribution in [1.82, 2.24) is 4.90 Å². The maximum absolute atomic E-state index is 11.1. The van der Waals surface area contributed by atoms with Gasteiger partial charge in [0.2, 0.25) is 0 Å². The van der Waals surface area contributed by atoms with Gasteiger partial charge in [0.25, 0.3) is 0 Å². The highest BCUT2D eigenvalue weighted by molar-refractivity contribution is 5.90. The fourth-order valence-electron chi connectivity index (χ4n) is 2.14. The van der Waals surface area contributed by atoms with Crippen molar-refractivity contribution in [3.63, 3.8) is 0 Å². The Bertz CT molecular complexity index is 445. The van der Waals surface area contributed by atoms with Gasteiger partial charge in [0, 0.05) is 13.1 Å². The molecule has 112 valence electrons. The highest BCUT2D eigenvalue weighted by atomic mass is 16.5. The lowest BCUT2D eigenvalue weighted by atomic mass is 10.1. The van der Waals surface area contributed by atoms with E-state index in [0.29, 0.717) is 11.7 Å². The van der Waals surface area contributed by atoms with Crippen molar-refractivity contribution < 1.29 is 14.6 Å². The van der Waals surface area contributed by atoms with Crippen molar-refractivity contribution in [2.24, 2.45) is 5.92 Å². The molecular weight excluding hydrogens is 254 g/mol. The first-order valence-corrected chi connectivity index (χ1v) is 7.14. The average Bonchev–Trinajstić information content (AvgIpc) is 2.45. The first kappa shape index (κ1) is 16.5. The summed E-state index contributed by atoms with van der Waals surface area (Å²) in [7, 11) is 1.50. The van der Waals surface area contributed by atoms with Gasteiger partial charge in [-0.25, -0.2) is 4.79 Å². The number of aromatic carboxylic acids is 1. The maximum atomic E-state index is 11.1. The van der Waals surface area contributed by atoms with Gasteiger partial charge < -0.3 is 9.84 Å². The lowest BCUT2D eigenvalue weighted by Crippen LogP contribution is -2.27. The van der Waals surface area contributed by atoms with Crippen LogP contribution in [0.2, 0.25) is 0 Å². The first-order valence-electron chi connectivity index (χ1n) is 7.14. The third kappa shape index (κ3) is 4.53. The number of methoxy groups -OCH3 is 1. The summed E-state index contributed by atoms with van der Waals surface area (Å²) in [6.07, 6.45) is 1.16. The SMILES string of the molecule is CCC(C)CN(CC)Cc1ccc(C(=O)O)c(OC)c1. The van der Waals surface area contributed by atoms with Crippen molar-refractivity contribution in [2.75, 3.05) is 20.2 Å². The number of benzene rings is 1. The second-order valence-electron chi connectivity index (χ2n) is 5.18. The van der Waals surface area contributed by atoms with Gasteiger partial charge >= 0.3 is 5.97 Å². The van der Waals surface area contributed by atoms with Gasteiger partial charge in [-0.15, -0.1) is 0 Å². The van der Waals surface area contributed by atoms with Crippen LogP contribution in [0.3, 0.4) is 0 Å². The smallest absolute Gasteiger partial charge is 0.339 e. The topological polar surface area (TPSA) is 49.8 Å². The van der Waals surface area contributed by atoms with Crippen LogP contribution in [0.25, 0.3) is 0 Å². The molecule has 0 amide bonds. The largest absolute Gasteiger partial charge is 0.496 e. The van der Waals surface area contributed by atoms with E-state index in [-0.39, 0.29) is 5.56 Å². The summed E-state index contributed by atoms with van der Waals surface area (Å²) >= 11 is 0. The van der Waals surface area contributed by atoms with Crippen LogP contribution in [0, 0.1) is 5.92 Å². The van der Waals surface area contributed by atoms with Crippen LogP contribution in [0.1, 0.15) is 43.1 Å². The van der Waals surface area contributed by atoms with Crippen molar-refractivity contribution in [3.8, 4) is 5.75 Å². The van der Waals surface area contributed by atoms with Crippen LogP contribution in [0.4, 0.5) is 0 Å². The number of hydrogen-bond acceptors (Lipinski definition) is 3. The van der Waals surface area contributed by atoms with E-state index < -0.39 is 5.97 Å². The summed E-state index contributed by atoms with van der Waals surface area (Å²) in [6.45, 7) is 9.44. The Balaban J connectivity index is 2.83. The molecule has 0 radical (unpaired) electrons. The highest BCUT2D eigenvalue weighted by Crippen LogP contribution is 2.21. The Morgan fingerprint density at radius 2 is 2.10 bits per heavy atom. The van der Waals surface area contributed by atoms with E-state index in [2.05, 4.69) is 25.7 Å². The highest BCUT2D eigenvalue weighted by Gasteiger charge is 2.13. The van der Waals surface area contributed by atoms with Gasteiger partial charge in [0.1, 0.15) is 11.3 Å². The molecule has 0 spiro atoms. The summed E-state index contributed by atoms with van der Waals surface area (Å²) in [4.78, 5) is 13.4. The van der Waals surface area contributed by atoms with E-state index in [1.54, 1.807) is 6.07 Å². The molecule has 1 aromatic carbocycles. The molecule has 0 saturated carbocycles. The van der Waals surface area contributed by atoms with E-state index in [1.807, 2.05) is 12.1 Å². The molecule has 0 aliphatic heterocycles. The van der Waals surface area contributed by atoms with Gasteiger partial charge in [0.15, 0.2) is 0 Å². The molecule has 1 rings (SSSR count). The first-order chi connectivity index (χ1) is 9.51. The number of hydrogen-bond donors (Lipinski definition) is 1. The molecule has 1 atom stereocenters. The van der Waals surface area contributed by atoms with E-state index in [4.69, 9.17) is 9.84 Å². The monoisotopic (exact) mass is 279 g/mol. The molecule has 4 heteroatoms. The van der Waals surface area contributed by atoms with Crippen LogP contribution in [0.5, 0.6) is 5.75 Å².